The summed E-state index contributed by atoms with van der Waals surface area (Å²) in [6.45, 7) is 3.45. The monoisotopic (exact) mass is 510 g/mol. The van der Waals surface area contributed by atoms with Crippen molar-refractivity contribution in [2.75, 3.05) is 41.7 Å². The first-order valence-electron chi connectivity index (χ1n) is 11.2. The molecule has 2 heterocycles. The van der Waals surface area contributed by atoms with Gasteiger partial charge in [-0.3, -0.25) is 4.98 Å². The summed E-state index contributed by atoms with van der Waals surface area (Å²) >= 11 is 5.65. The van der Waals surface area contributed by atoms with Crippen molar-refractivity contribution in [2.24, 2.45) is 0 Å². The summed E-state index contributed by atoms with van der Waals surface area (Å²) in [6, 6.07) is 12.2. The maximum Gasteiger partial charge on any atom is 0.323 e. The number of halogens is 3. The van der Waals surface area contributed by atoms with E-state index in [2.05, 4.69) is 25.8 Å². The molecule has 184 valence electrons. The molecule has 1 saturated heterocycles. The second-order valence-corrected chi connectivity index (χ2v) is 8.51. The quantitative estimate of drug-likeness (QED) is 0.333. The summed E-state index contributed by atoms with van der Waals surface area (Å²) in [6.07, 6.45) is 1.75. The Hall–Kier alpha value is -4.02. The fourth-order valence-corrected chi connectivity index (χ4v) is 3.91. The highest BCUT2D eigenvalue weighted by Crippen LogP contribution is 2.28. The van der Waals surface area contributed by atoms with Crippen molar-refractivity contribution in [1.82, 2.24) is 15.3 Å². The van der Waals surface area contributed by atoms with Crippen LogP contribution in [0.15, 0.2) is 60.8 Å². The number of anilines is 3. The van der Waals surface area contributed by atoms with Gasteiger partial charge >= 0.3 is 6.03 Å². The van der Waals surface area contributed by atoms with E-state index >= 15 is 0 Å². The normalized spacial score (nSPS) is 13.5. The lowest BCUT2D eigenvalue weighted by Gasteiger charge is -2.28. The molecule has 0 atom stereocenters. The number of nitrogens with zero attached hydrogens (tertiary/aromatic N) is 3. The van der Waals surface area contributed by atoms with E-state index in [1.165, 1.54) is 24.3 Å². The van der Waals surface area contributed by atoms with Crippen LogP contribution in [-0.4, -0.2) is 42.2 Å². The number of benzene rings is 3. The molecule has 3 N–H and O–H groups in total. The van der Waals surface area contributed by atoms with Gasteiger partial charge in [-0.15, -0.1) is 0 Å². The summed E-state index contributed by atoms with van der Waals surface area (Å²) in [5, 5.41) is 8.21. The van der Waals surface area contributed by atoms with E-state index in [1.807, 2.05) is 0 Å². The van der Waals surface area contributed by atoms with Gasteiger partial charge in [0.15, 0.2) is 0 Å². The number of carbonyl (C=O) groups is 1. The van der Waals surface area contributed by atoms with E-state index in [0.29, 0.717) is 16.8 Å². The molecule has 0 unspecified atom stereocenters. The summed E-state index contributed by atoms with van der Waals surface area (Å²) in [4.78, 5) is 23.7. The molecule has 11 heteroatoms. The third-order valence-corrected chi connectivity index (χ3v) is 5.79. The first-order valence-corrected chi connectivity index (χ1v) is 11.5. The van der Waals surface area contributed by atoms with Gasteiger partial charge in [-0.1, -0.05) is 11.6 Å². The van der Waals surface area contributed by atoms with Gasteiger partial charge in [0.25, 0.3) is 0 Å². The Balaban J connectivity index is 1.31. The number of urea groups is 1. The molecule has 1 aliphatic rings. The Kier molecular flexibility index (Phi) is 6.79. The molecule has 0 aliphatic carbocycles. The van der Waals surface area contributed by atoms with E-state index in [1.54, 1.807) is 24.4 Å². The van der Waals surface area contributed by atoms with Gasteiger partial charge in [-0.05, 0) is 36.4 Å². The van der Waals surface area contributed by atoms with Gasteiger partial charge in [0.1, 0.15) is 29.0 Å². The Bertz CT molecular complexity index is 1430. The number of amides is 2. The van der Waals surface area contributed by atoms with Crippen molar-refractivity contribution in [2.45, 2.75) is 0 Å². The molecule has 0 spiro atoms. The fourth-order valence-electron chi connectivity index (χ4n) is 3.79. The van der Waals surface area contributed by atoms with Crippen molar-refractivity contribution >= 4 is 45.9 Å². The van der Waals surface area contributed by atoms with Crippen molar-refractivity contribution in [3.05, 3.63) is 77.5 Å². The number of hydrogen-bond acceptors (Lipinski definition) is 6. The number of hydrogen-bond donors (Lipinski definition) is 3. The third kappa shape index (κ3) is 5.61. The second kappa shape index (κ2) is 10.3. The van der Waals surface area contributed by atoms with Crippen LogP contribution in [0.4, 0.5) is 30.8 Å². The summed E-state index contributed by atoms with van der Waals surface area (Å²) in [5.41, 5.74) is 1.70. The van der Waals surface area contributed by atoms with E-state index in [0.717, 1.165) is 44.1 Å². The van der Waals surface area contributed by atoms with Crippen LogP contribution in [-0.2, 0) is 0 Å². The zero-order valence-electron chi connectivity index (χ0n) is 18.9. The van der Waals surface area contributed by atoms with Gasteiger partial charge in [0.2, 0.25) is 0 Å². The molecule has 3 aromatic carbocycles. The number of rotatable bonds is 5. The van der Waals surface area contributed by atoms with Crippen LogP contribution in [0.2, 0.25) is 5.02 Å². The van der Waals surface area contributed by atoms with Crippen LogP contribution in [0.3, 0.4) is 0 Å². The molecule has 4 aromatic rings. The molecule has 36 heavy (non-hydrogen) atoms. The minimum absolute atomic E-state index is 0.0624. The van der Waals surface area contributed by atoms with Crippen LogP contribution >= 0.6 is 11.6 Å². The van der Waals surface area contributed by atoms with E-state index < -0.39 is 17.7 Å². The molecular weight excluding hydrogens is 490 g/mol. The number of piperazine rings is 1. The minimum Gasteiger partial charge on any atom is -0.457 e. The smallest absolute Gasteiger partial charge is 0.323 e. The topological polar surface area (TPSA) is 91.4 Å². The number of fused-ring (bicyclic) bond motifs is 1. The standard InChI is InChI=1S/C25H21ClF2N6O2/c26-20-3-1-16(12-21(20)28)31-25(35)32-17-9-15(27)10-19(11-17)36-18-2-4-22-23(13-18)33-24(14-30-22)34-7-5-29-6-8-34/h1-4,9-14,29H,5-8H2,(H2,31,32,35). The van der Waals surface area contributed by atoms with Gasteiger partial charge in [0.05, 0.1) is 22.3 Å². The fraction of sp³-hybridized carbons (Fsp3) is 0.160. The van der Waals surface area contributed by atoms with Crippen LogP contribution in [0.1, 0.15) is 0 Å². The van der Waals surface area contributed by atoms with Crippen molar-refractivity contribution in [3.8, 4) is 11.5 Å². The van der Waals surface area contributed by atoms with Crippen LogP contribution in [0, 0.1) is 11.6 Å². The van der Waals surface area contributed by atoms with Gasteiger partial charge in [0, 0.05) is 55.8 Å². The molecule has 2 amide bonds. The van der Waals surface area contributed by atoms with Crippen LogP contribution < -0.4 is 25.6 Å². The Morgan fingerprint density at radius 1 is 0.944 bits per heavy atom. The number of aromatic nitrogens is 2. The van der Waals surface area contributed by atoms with Gasteiger partial charge in [-0.2, -0.15) is 0 Å². The second-order valence-electron chi connectivity index (χ2n) is 8.10. The molecule has 0 bridgehead atoms. The summed E-state index contributed by atoms with van der Waals surface area (Å²) in [7, 11) is 0. The first-order chi connectivity index (χ1) is 17.4. The van der Waals surface area contributed by atoms with Crippen LogP contribution in [0.5, 0.6) is 11.5 Å². The molecule has 8 nitrogen and oxygen atoms in total. The molecule has 0 saturated carbocycles. The number of carbonyl (C=O) groups excluding carboxylic acids is 1. The van der Waals surface area contributed by atoms with Crippen LogP contribution in [0.25, 0.3) is 11.0 Å². The van der Waals surface area contributed by atoms with Crippen molar-refractivity contribution in [3.63, 3.8) is 0 Å². The largest absolute Gasteiger partial charge is 0.457 e. The predicted octanol–water partition coefficient (Wildman–Crippen LogP) is 5.41. The zero-order valence-corrected chi connectivity index (χ0v) is 19.6. The highest BCUT2D eigenvalue weighted by Gasteiger charge is 2.14. The lowest BCUT2D eigenvalue weighted by molar-refractivity contribution is 0.262. The molecule has 1 aromatic heterocycles. The number of nitrogens with one attached hydrogen (secondary N) is 3. The lowest BCUT2D eigenvalue weighted by atomic mass is 10.2. The van der Waals surface area contributed by atoms with Crippen molar-refractivity contribution in [1.29, 1.82) is 0 Å². The third-order valence-electron chi connectivity index (χ3n) is 5.48. The molecular formula is C25H21ClF2N6O2. The predicted molar refractivity (Wildman–Crippen MR) is 135 cm³/mol. The average Bonchev–Trinajstić information content (AvgIpc) is 2.86. The summed E-state index contributed by atoms with van der Waals surface area (Å²) < 4.78 is 33.7. The van der Waals surface area contributed by atoms with Crippen molar-refractivity contribution < 1.29 is 18.3 Å². The average molecular weight is 511 g/mol. The molecule has 0 radical (unpaired) electrons. The van der Waals surface area contributed by atoms with Gasteiger partial charge in [-0.25, -0.2) is 18.6 Å². The molecule has 1 fully saturated rings. The Morgan fingerprint density at radius 2 is 1.75 bits per heavy atom. The highest BCUT2D eigenvalue weighted by molar-refractivity contribution is 6.30. The van der Waals surface area contributed by atoms with E-state index in [4.69, 9.17) is 21.3 Å². The Labute approximate surface area is 210 Å². The molecule has 1 aliphatic heterocycles. The molecule has 5 rings (SSSR count). The minimum atomic E-state index is -0.685. The zero-order chi connectivity index (χ0) is 25.1. The maximum atomic E-state index is 14.3. The Morgan fingerprint density at radius 3 is 2.56 bits per heavy atom. The maximum absolute atomic E-state index is 14.3. The SMILES string of the molecule is O=C(Nc1cc(F)cc(Oc2ccc3ncc(N4CCNCC4)nc3c2)c1)Nc1ccc(Cl)c(F)c1. The number of ether oxygens (including phenoxy) is 1. The van der Waals surface area contributed by atoms with E-state index in [-0.39, 0.29) is 22.1 Å². The first kappa shape index (κ1) is 23.7. The summed E-state index contributed by atoms with van der Waals surface area (Å²) in [5.74, 6) is 0.114. The van der Waals surface area contributed by atoms with E-state index in [9.17, 15) is 13.6 Å². The van der Waals surface area contributed by atoms with Gasteiger partial charge < -0.3 is 25.6 Å². The lowest BCUT2D eigenvalue weighted by Crippen LogP contribution is -2.43. The highest BCUT2D eigenvalue weighted by atomic mass is 35.5.